The molecule has 4 fully saturated rings. The molecule has 674 valence electrons. The zero-order valence-electron chi connectivity index (χ0n) is 75.1. The minimum atomic E-state index is -2.09. The van der Waals surface area contributed by atoms with E-state index in [9.17, 15) is 24.0 Å². The lowest BCUT2D eigenvalue weighted by molar-refractivity contribution is -0.118. The summed E-state index contributed by atoms with van der Waals surface area (Å²) >= 11 is 23.2. The van der Waals surface area contributed by atoms with Crippen molar-refractivity contribution in [3.05, 3.63) is 246 Å². The second-order valence-corrected chi connectivity index (χ2v) is 49.5. The Labute approximate surface area is 792 Å². The van der Waals surface area contributed by atoms with Gasteiger partial charge >= 0.3 is 0 Å². The molecule has 6 aliphatic carbocycles. The van der Waals surface area contributed by atoms with E-state index in [1.165, 1.54) is 28.6 Å². The molecular formula is C101H112Br3Cl2N11O10Si2. The number of aromatic nitrogens is 5. The Bertz CT molecular complexity index is 6260. The van der Waals surface area contributed by atoms with Gasteiger partial charge in [0.2, 0.25) is 23.6 Å². The molecule has 0 saturated heterocycles. The van der Waals surface area contributed by atoms with Crippen molar-refractivity contribution in [3.8, 4) is 34.3 Å². The highest BCUT2D eigenvalue weighted by Crippen LogP contribution is 2.46. The van der Waals surface area contributed by atoms with Crippen LogP contribution in [0.3, 0.4) is 0 Å². The maximum Gasteiger partial charge on any atom is 0.227 e. The summed E-state index contributed by atoms with van der Waals surface area (Å²) in [5, 5.41) is 19.1. The number of carbonyl (C=O) groups is 5. The first-order valence-corrected chi connectivity index (χ1v) is 52.8. The highest BCUT2D eigenvalue weighted by molar-refractivity contribution is 9.11. The number of nitrogens with two attached hydrogens (primary N) is 1. The molecule has 4 aromatic heterocycles. The normalized spacial score (nSPS) is 14.6. The molecule has 12 aromatic rings. The largest absolute Gasteiger partial charge is 0.495 e. The van der Waals surface area contributed by atoms with Gasteiger partial charge in [-0.2, -0.15) is 0 Å². The number of hydrogen-bond donors (Lipinski definition) is 6. The van der Waals surface area contributed by atoms with Crippen molar-refractivity contribution >= 4 is 196 Å². The lowest BCUT2D eigenvalue weighted by atomic mass is 9.88. The molecule has 8 aromatic carbocycles. The summed E-state index contributed by atoms with van der Waals surface area (Å²) in [6.07, 6.45) is 25.6. The topological polar surface area (TPSA) is 258 Å². The van der Waals surface area contributed by atoms with Gasteiger partial charge in [-0.3, -0.25) is 24.0 Å². The van der Waals surface area contributed by atoms with Crippen LogP contribution in [0.5, 0.6) is 17.2 Å². The molecule has 7 N–H and O–H groups in total. The summed E-state index contributed by atoms with van der Waals surface area (Å²) in [5.41, 5.74) is 22.0. The molecule has 0 radical (unpaired) electrons. The van der Waals surface area contributed by atoms with Gasteiger partial charge in [-0.05, 0) is 250 Å². The average molecular weight is 2010 g/mol. The van der Waals surface area contributed by atoms with Crippen LogP contribution in [0, 0.1) is 23.7 Å². The van der Waals surface area contributed by atoms with E-state index in [-0.39, 0.29) is 79.0 Å². The van der Waals surface area contributed by atoms with Gasteiger partial charge in [-0.15, -0.1) is 0 Å². The highest BCUT2D eigenvalue weighted by atomic mass is 79.9. The monoisotopic (exact) mass is 2000 g/mol. The van der Waals surface area contributed by atoms with E-state index < -0.39 is 22.6 Å². The van der Waals surface area contributed by atoms with Crippen molar-refractivity contribution < 1.29 is 47.0 Å². The van der Waals surface area contributed by atoms with E-state index in [2.05, 4.69) is 210 Å². The molecule has 4 saturated carbocycles. The van der Waals surface area contributed by atoms with Crippen molar-refractivity contribution in [1.29, 1.82) is 0 Å². The smallest absolute Gasteiger partial charge is 0.227 e. The second-order valence-electron chi connectivity index (χ2n) is 36.5. The first-order chi connectivity index (χ1) is 61.6. The van der Waals surface area contributed by atoms with Crippen molar-refractivity contribution in [2.45, 2.75) is 154 Å². The summed E-state index contributed by atoms with van der Waals surface area (Å²) < 4.78 is 38.7. The van der Waals surface area contributed by atoms with Crippen molar-refractivity contribution in [1.82, 2.24) is 23.7 Å². The minimum absolute atomic E-state index is 0.00372. The third-order valence-corrected chi connectivity index (χ3v) is 36.1. The molecule has 1 unspecified atom stereocenters. The summed E-state index contributed by atoms with van der Waals surface area (Å²) in [5.74, 6) is 2.12. The van der Waals surface area contributed by atoms with E-state index in [0.717, 1.165) is 167 Å². The number of allylic oxidation sites excluding steroid dienone is 2. The standard InChI is InChI=1S/C33H38Cl2N4O4Si.C27H37N3O3Si.C19H17BrN2O2.C13H12BrNO.C9H8BrN/c1-33(2,3)44(5,6)43-16-14-23(29(40)27-30(34)36-19-37-31(27)35)22-17-21-13-15-39(25-9-7-8-10-26(25)42-4)28(21)24(18-22)38-32(41)20-11-12-20;1-27(2,3)34(5,6)33-16-14-28-21-17-20-13-15-30(23-9-7-8-10-24(23)32-4)25(20)22(18-21)29-26(31)19-11-12-19;1-24-17-5-3-2-4-16(17)22-9-8-13-10-14(20)11-15(18(13)22)21-19(23)12-6-7-12;14-10-6-9-2-1-3-11(9)12(7-10)15-13(16)8-4-5-8;10-7-4-6-2-1-3-8(6)9(11)5-7/h7-10,13,15,17-20,23H,11-12,14,16H2,1-6H3,(H,38,41);7-10,13,15,17-19,28H,11-12,14,16H2,1-6H3,(H,29,31);2-5,8-12H,6-7H2,1H3,(H,21,23);1-2,6-8H,3-5H2,(H,15,16);1-2,4-5H,3,11H2. The molecule has 129 heavy (non-hydrogen) atoms. The molecule has 0 bridgehead atoms. The third kappa shape index (κ3) is 22.9. The van der Waals surface area contributed by atoms with Gasteiger partial charge in [-0.25, -0.2) is 9.97 Å². The van der Waals surface area contributed by atoms with Gasteiger partial charge < -0.3 is 69.1 Å². The third-order valence-electron chi connectivity index (χ3n) is 25.1. The van der Waals surface area contributed by atoms with Crippen molar-refractivity contribution in [2.75, 3.05) is 73.4 Å². The number of benzene rings is 8. The predicted molar refractivity (Wildman–Crippen MR) is 539 cm³/mol. The molecule has 0 spiro atoms. The maximum absolute atomic E-state index is 14.2. The van der Waals surface area contributed by atoms with Gasteiger partial charge in [0.05, 0.1) is 84.2 Å². The summed E-state index contributed by atoms with van der Waals surface area (Å²) in [6.45, 7) is 23.9. The number of nitrogen functional groups attached to an aromatic ring is 1. The number of rotatable bonds is 26. The molecule has 21 nitrogen and oxygen atoms in total. The van der Waals surface area contributed by atoms with Crippen LogP contribution in [-0.4, -0.2) is 111 Å². The highest BCUT2D eigenvalue weighted by Gasteiger charge is 2.40. The summed E-state index contributed by atoms with van der Waals surface area (Å²) in [4.78, 5) is 72.1. The van der Waals surface area contributed by atoms with Crippen LogP contribution in [0.25, 0.3) is 61.9 Å². The number of nitrogens with one attached hydrogen (secondary N) is 5. The maximum atomic E-state index is 14.2. The quantitative estimate of drug-likeness (QED) is 0.00969. The van der Waals surface area contributed by atoms with E-state index in [4.69, 9.17) is 52.0 Å². The van der Waals surface area contributed by atoms with E-state index in [1.807, 2.05) is 151 Å². The number of anilines is 6. The number of methoxy groups -OCH3 is 3. The Hall–Kier alpha value is -10.1. The van der Waals surface area contributed by atoms with Gasteiger partial charge in [0.15, 0.2) is 22.4 Å². The number of para-hydroxylation sites is 6. The van der Waals surface area contributed by atoms with Crippen LogP contribution >= 0.6 is 71.0 Å². The van der Waals surface area contributed by atoms with Gasteiger partial charge in [-0.1, -0.05) is 173 Å². The fourth-order valence-corrected chi connectivity index (χ4v) is 19.2. The summed E-state index contributed by atoms with van der Waals surface area (Å²) in [7, 11) is 1.09. The van der Waals surface area contributed by atoms with E-state index in [1.54, 1.807) is 21.3 Å². The fourth-order valence-electron chi connectivity index (χ4n) is 15.2. The number of fused-ring (bicyclic) bond motifs is 5. The Morgan fingerprint density at radius 2 is 0.860 bits per heavy atom. The lowest BCUT2D eigenvalue weighted by Gasteiger charge is -2.36. The SMILES string of the molecule is COc1ccccc1-n1ccc2cc(Br)cc(NC(=O)C3CC3)c21.COc1ccccc1-n1ccc2cc(C(CCO[Si](C)(C)C(C)(C)C)C(=O)c3c(Cl)ncnc3Cl)cc(NC(=O)C3CC3)c21.COc1ccccc1-n1ccc2cc(NCCO[Si](C)(C)C(C)(C)C)cc(NC(=O)C3CC3)c21.Nc1cc(Br)cc2c1CC=C2.O=C(Nc1cc(Br)cc2c1CC=C2)C1CC1. The zero-order chi connectivity index (χ0) is 92.0. The predicted octanol–water partition coefficient (Wildman–Crippen LogP) is 25.6. The number of hydrogen-bond acceptors (Lipinski definition) is 14. The number of amides is 4. The van der Waals surface area contributed by atoms with Gasteiger partial charge in [0, 0.05) is 108 Å². The van der Waals surface area contributed by atoms with Crippen LogP contribution < -0.4 is 46.5 Å². The molecule has 6 aliphatic rings. The Kier molecular flexibility index (Phi) is 30.0. The molecule has 0 aliphatic heterocycles. The number of ether oxygens (including phenoxy) is 3. The number of halogens is 5. The minimum Gasteiger partial charge on any atom is -0.495 e. The van der Waals surface area contributed by atoms with Crippen LogP contribution in [0.4, 0.5) is 34.1 Å². The van der Waals surface area contributed by atoms with Gasteiger partial charge in [0.1, 0.15) is 33.9 Å². The van der Waals surface area contributed by atoms with E-state index in [0.29, 0.717) is 43.2 Å². The van der Waals surface area contributed by atoms with Crippen LogP contribution in [-0.2, 0) is 40.9 Å². The lowest BCUT2D eigenvalue weighted by Crippen LogP contribution is -2.41. The van der Waals surface area contributed by atoms with E-state index >= 15 is 0 Å². The summed E-state index contributed by atoms with van der Waals surface area (Å²) in [6, 6.07) is 49.7. The van der Waals surface area contributed by atoms with Crippen LogP contribution in [0.15, 0.2) is 202 Å². The average Bonchev–Trinajstić information content (AvgIpc) is 1.67. The second kappa shape index (κ2) is 40.7. The number of nitrogens with zero attached hydrogens (tertiary/aromatic N) is 5. The number of carbonyl (C=O) groups excluding carboxylic acids is 5. The number of ketones is 1. The molecule has 4 amide bonds. The first-order valence-electron chi connectivity index (χ1n) is 43.8. The Morgan fingerprint density at radius 1 is 0.481 bits per heavy atom. The van der Waals surface area contributed by atoms with Crippen LogP contribution in [0.2, 0.25) is 46.6 Å². The van der Waals surface area contributed by atoms with Crippen LogP contribution in [0.1, 0.15) is 143 Å². The molecule has 28 heteroatoms. The zero-order valence-corrected chi connectivity index (χ0v) is 83.4. The molecule has 18 rings (SSSR count). The number of Topliss-reactive ketones (excluding diaryl/α,β-unsaturated/α-hetero) is 1. The molecule has 1 atom stereocenters. The first kappa shape index (κ1) is 95.0. The Balaban J connectivity index is 0.000000139. The molecular weight excluding hydrogens is 1890 g/mol. The molecule has 4 heterocycles. The Morgan fingerprint density at radius 3 is 1.31 bits per heavy atom. The van der Waals surface area contributed by atoms with Crippen molar-refractivity contribution in [2.24, 2.45) is 23.7 Å². The van der Waals surface area contributed by atoms with Gasteiger partial charge in [0.25, 0.3) is 0 Å². The van der Waals surface area contributed by atoms with Crippen molar-refractivity contribution in [3.63, 3.8) is 0 Å². The fraction of sp³-hybridized carbons (Fsp3) is 0.337.